The van der Waals surface area contributed by atoms with E-state index in [-0.39, 0.29) is 23.3 Å². The van der Waals surface area contributed by atoms with E-state index in [9.17, 15) is 9.59 Å². The summed E-state index contributed by atoms with van der Waals surface area (Å²) in [5.41, 5.74) is 0.502. The molecule has 7 nitrogen and oxygen atoms in total. The van der Waals surface area contributed by atoms with Crippen molar-refractivity contribution in [2.45, 2.75) is 43.5 Å². The van der Waals surface area contributed by atoms with Gasteiger partial charge in [0.1, 0.15) is 6.61 Å². The summed E-state index contributed by atoms with van der Waals surface area (Å²) in [6, 6.07) is 14.8. The molecule has 0 saturated carbocycles. The Morgan fingerprint density at radius 1 is 1.00 bits per heavy atom. The van der Waals surface area contributed by atoms with E-state index in [0.717, 1.165) is 25.9 Å². The molecule has 0 bridgehead atoms. The summed E-state index contributed by atoms with van der Waals surface area (Å²) in [5, 5.41) is 1.09. The van der Waals surface area contributed by atoms with E-state index >= 15 is 0 Å². The van der Waals surface area contributed by atoms with Crippen molar-refractivity contribution in [1.29, 1.82) is 0 Å². The third kappa shape index (κ3) is 4.85. The van der Waals surface area contributed by atoms with E-state index in [1.807, 2.05) is 47.4 Å². The Morgan fingerprint density at radius 2 is 1.73 bits per heavy atom. The van der Waals surface area contributed by atoms with Crippen molar-refractivity contribution in [3.8, 4) is 11.5 Å². The Bertz CT molecular complexity index is 1200. The number of rotatable bonds is 5. The maximum atomic E-state index is 13.4. The van der Waals surface area contributed by atoms with Crippen LogP contribution in [0.5, 0.6) is 11.5 Å². The summed E-state index contributed by atoms with van der Waals surface area (Å²) in [5.74, 6) is 1.73. The molecule has 0 N–H and O–H groups in total. The molecular formula is C25H27N3O4S. The van der Waals surface area contributed by atoms with Crippen molar-refractivity contribution in [3.05, 3.63) is 58.9 Å². The zero-order valence-electron chi connectivity index (χ0n) is 18.4. The van der Waals surface area contributed by atoms with Gasteiger partial charge in [0.05, 0.1) is 23.2 Å². The fourth-order valence-electron chi connectivity index (χ4n) is 4.31. The topological polar surface area (TPSA) is 73.7 Å². The zero-order valence-corrected chi connectivity index (χ0v) is 19.3. The van der Waals surface area contributed by atoms with Crippen LogP contribution in [0, 0.1) is 0 Å². The first-order valence-corrected chi connectivity index (χ1v) is 12.5. The number of amides is 1. The average Bonchev–Trinajstić information content (AvgIpc) is 3.14. The van der Waals surface area contributed by atoms with Crippen LogP contribution in [-0.4, -0.2) is 51.9 Å². The number of carbonyl (C=O) groups excluding carboxylic acids is 1. The standard InChI is InChI=1S/C25H27N3O4S/c29-23(27-13-7-1-2-8-14-27)17-33-25-26-20-10-4-3-9-19(20)24(30)28(25)15-18-16-31-21-11-5-6-12-22(21)32-18/h3-6,9-12,18H,1-2,7-8,13-17H2/t18-/m1/s1. The number of aromatic nitrogens is 2. The van der Waals surface area contributed by atoms with Gasteiger partial charge < -0.3 is 14.4 Å². The molecule has 3 heterocycles. The highest BCUT2D eigenvalue weighted by Crippen LogP contribution is 2.31. The van der Waals surface area contributed by atoms with Gasteiger partial charge in [0, 0.05) is 13.1 Å². The summed E-state index contributed by atoms with van der Waals surface area (Å²) in [4.78, 5) is 32.9. The first-order valence-electron chi connectivity index (χ1n) is 11.5. The second kappa shape index (κ2) is 9.87. The number of hydrogen-bond acceptors (Lipinski definition) is 6. The SMILES string of the molecule is O=C(CSc1nc2ccccc2c(=O)n1C[C@@H]1COc2ccccc2O1)N1CCCCCC1. The summed E-state index contributed by atoms with van der Waals surface area (Å²) in [7, 11) is 0. The Labute approximate surface area is 196 Å². The van der Waals surface area contributed by atoms with Crippen molar-refractivity contribution in [3.63, 3.8) is 0 Å². The van der Waals surface area contributed by atoms with Crippen LogP contribution in [0.4, 0.5) is 0 Å². The molecule has 0 unspecified atom stereocenters. The quantitative estimate of drug-likeness (QED) is 0.422. The molecule has 1 fully saturated rings. The number of hydrogen-bond donors (Lipinski definition) is 0. The van der Waals surface area contributed by atoms with Crippen LogP contribution in [0.3, 0.4) is 0 Å². The molecule has 0 aliphatic carbocycles. The van der Waals surface area contributed by atoms with Gasteiger partial charge in [-0.3, -0.25) is 14.2 Å². The lowest BCUT2D eigenvalue weighted by atomic mass is 10.2. The number of benzene rings is 2. The van der Waals surface area contributed by atoms with E-state index in [4.69, 9.17) is 14.5 Å². The molecule has 1 saturated heterocycles. The van der Waals surface area contributed by atoms with Gasteiger partial charge in [0.2, 0.25) is 5.91 Å². The van der Waals surface area contributed by atoms with Gasteiger partial charge in [-0.2, -0.15) is 0 Å². The second-order valence-corrected chi connectivity index (χ2v) is 9.35. The number of thioether (sulfide) groups is 1. The molecule has 1 aromatic heterocycles. The maximum absolute atomic E-state index is 13.4. The van der Waals surface area contributed by atoms with E-state index in [0.29, 0.717) is 40.7 Å². The third-order valence-electron chi connectivity index (χ3n) is 6.06. The van der Waals surface area contributed by atoms with Crippen LogP contribution in [-0.2, 0) is 11.3 Å². The molecule has 0 spiro atoms. The molecule has 2 aromatic carbocycles. The van der Waals surface area contributed by atoms with Crippen LogP contribution in [0.15, 0.2) is 58.5 Å². The molecular weight excluding hydrogens is 438 g/mol. The van der Waals surface area contributed by atoms with Gasteiger partial charge in [0.25, 0.3) is 5.56 Å². The van der Waals surface area contributed by atoms with Crippen molar-refractivity contribution in [2.24, 2.45) is 0 Å². The van der Waals surface area contributed by atoms with E-state index in [1.54, 1.807) is 10.6 Å². The van der Waals surface area contributed by atoms with Crippen molar-refractivity contribution < 1.29 is 14.3 Å². The number of nitrogens with zero attached hydrogens (tertiary/aromatic N) is 3. The number of fused-ring (bicyclic) bond motifs is 2. The molecule has 3 aromatic rings. The van der Waals surface area contributed by atoms with E-state index in [1.165, 1.54) is 24.6 Å². The smallest absolute Gasteiger partial charge is 0.262 e. The molecule has 172 valence electrons. The lowest BCUT2D eigenvalue weighted by molar-refractivity contribution is -0.128. The van der Waals surface area contributed by atoms with Crippen LogP contribution < -0.4 is 15.0 Å². The maximum Gasteiger partial charge on any atom is 0.262 e. The first kappa shape index (κ1) is 21.8. The van der Waals surface area contributed by atoms with Gasteiger partial charge in [-0.15, -0.1) is 0 Å². The zero-order chi connectivity index (χ0) is 22.6. The highest BCUT2D eigenvalue weighted by Gasteiger charge is 2.24. The molecule has 1 atom stereocenters. The van der Waals surface area contributed by atoms with Crippen molar-refractivity contribution in [1.82, 2.24) is 14.5 Å². The summed E-state index contributed by atoms with van der Waals surface area (Å²) in [6.07, 6.45) is 4.12. The number of likely N-dealkylation sites (tertiary alicyclic amines) is 1. The first-order chi connectivity index (χ1) is 16.2. The van der Waals surface area contributed by atoms with Gasteiger partial charge in [-0.25, -0.2) is 4.98 Å². The van der Waals surface area contributed by atoms with Crippen molar-refractivity contribution in [2.75, 3.05) is 25.4 Å². The lowest BCUT2D eigenvalue weighted by Crippen LogP contribution is -2.38. The molecule has 2 aliphatic rings. The highest BCUT2D eigenvalue weighted by molar-refractivity contribution is 7.99. The molecule has 33 heavy (non-hydrogen) atoms. The molecule has 2 aliphatic heterocycles. The number of para-hydroxylation sites is 3. The average molecular weight is 466 g/mol. The van der Waals surface area contributed by atoms with Gasteiger partial charge in [-0.05, 0) is 37.1 Å². The summed E-state index contributed by atoms with van der Waals surface area (Å²) < 4.78 is 13.6. The normalized spacial score (nSPS) is 18.2. The fraction of sp³-hybridized carbons (Fsp3) is 0.400. The number of carbonyl (C=O) groups is 1. The predicted molar refractivity (Wildman–Crippen MR) is 128 cm³/mol. The Balaban J connectivity index is 1.39. The minimum atomic E-state index is -0.332. The largest absolute Gasteiger partial charge is 0.486 e. The second-order valence-electron chi connectivity index (χ2n) is 8.41. The molecule has 0 radical (unpaired) electrons. The molecule has 8 heteroatoms. The Hall–Kier alpha value is -3.00. The number of ether oxygens (including phenoxy) is 2. The minimum absolute atomic E-state index is 0.0991. The van der Waals surface area contributed by atoms with Crippen LogP contribution in [0.1, 0.15) is 25.7 Å². The lowest BCUT2D eigenvalue weighted by Gasteiger charge is -2.27. The van der Waals surface area contributed by atoms with Crippen LogP contribution in [0.25, 0.3) is 10.9 Å². The monoisotopic (exact) mass is 465 g/mol. The molecule has 5 rings (SSSR count). The predicted octanol–water partition coefficient (Wildman–Crippen LogP) is 3.73. The third-order valence-corrected chi connectivity index (χ3v) is 7.03. The minimum Gasteiger partial charge on any atom is -0.486 e. The van der Waals surface area contributed by atoms with Crippen LogP contribution >= 0.6 is 11.8 Å². The summed E-state index contributed by atoms with van der Waals surface area (Å²) >= 11 is 1.32. The van der Waals surface area contributed by atoms with Crippen LogP contribution in [0.2, 0.25) is 0 Å². The highest BCUT2D eigenvalue weighted by atomic mass is 32.2. The van der Waals surface area contributed by atoms with E-state index in [2.05, 4.69) is 0 Å². The van der Waals surface area contributed by atoms with Crippen molar-refractivity contribution >= 4 is 28.6 Å². The Kier molecular flexibility index (Phi) is 6.53. The van der Waals surface area contributed by atoms with Gasteiger partial charge >= 0.3 is 0 Å². The van der Waals surface area contributed by atoms with Gasteiger partial charge in [0.15, 0.2) is 22.8 Å². The summed E-state index contributed by atoms with van der Waals surface area (Å²) in [6.45, 7) is 2.26. The fourth-order valence-corrected chi connectivity index (χ4v) is 5.22. The Morgan fingerprint density at radius 3 is 2.55 bits per heavy atom. The van der Waals surface area contributed by atoms with E-state index < -0.39 is 0 Å². The molecule has 1 amide bonds. The van der Waals surface area contributed by atoms with Gasteiger partial charge in [-0.1, -0.05) is 48.9 Å².